The van der Waals surface area contributed by atoms with Gasteiger partial charge in [-0.25, -0.2) is 4.79 Å². The Morgan fingerprint density at radius 3 is 2.50 bits per heavy atom. The average Bonchev–Trinajstić information content (AvgIpc) is 2.55. The number of fused-ring (bicyclic) bond motifs is 1. The maximum atomic E-state index is 12.2. The number of nitrogens with one attached hydrogen (secondary N) is 1. The molecule has 0 saturated carbocycles. The molecule has 0 unspecified atom stereocenters. The molecule has 1 aromatic heterocycles. The van der Waals surface area contributed by atoms with Crippen molar-refractivity contribution < 1.29 is 13.9 Å². The van der Waals surface area contributed by atoms with Crippen LogP contribution < -0.4 is 15.7 Å². The third-order valence-electron chi connectivity index (χ3n) is 3.74. The van der Waals surface area contributed by atoms with Gasteiger partial charge in [-0.1, -0.05) is 0 Å². The third-order valence-corrected chi connectivity index (χ3v) is 4.99. The summed E-state index contributed by atoms with van der Waals surface area (Å²) >= 11 is 6.87. The van der Waals surface area contributed by atoms with E-state index in [0.29, 0.717) is 17.0 Å². The Labute approximate surface area is 166 Å². The van der Waals surface area contributed by atoms with Crippen molar-refractivity contribution in [3.63, 3.8) is 0 Å². The first-order valence-electron chi connectivity index (χ1n) is 7.76. The maximum absolute atomic E-state index is 12.2. The zero-order valence-electron chi connectivity index (χ0n) is 14.1. The fraction of sp³-hybridized carbons (Fsp3) is 0.158. The van der Waals surface area contributed by atoms with Crippen molar-refractivity contribution in [3.8, 4) is 5.75 Å². The van der Waals surface area contributed by atoms with Crippen LogP contribution in [0, 0.1) is 13.8 Å². The van der Waals surface area contributed by atoms with Crippen molar-refractivity contribution in [1.29, 1.82) is 0 Å². The van der Waals surface area contributed by atoms with E-state index in [2.05, 4.69) is 37.2 Å². The van der Waals surface area contributed by atoms with Crippen LogP contribution in [0.5, 0.6) is 5.75 Å². The second-order valence-electron chi connectivity index (χ2n) is 5.85. The van der Waals surface area contributed by atoms with Gasteiger partial charge >= 0.3 is 5.63 Å². The number of ether oxygens (including phenoxy) is 1. The number of aryl methyl sites for hydroxylation is 2. The van der Waals surface area contributed by atoms with Gasteiger partial charge in [-0.05, 0) is 81.1 Å². The van der Waals surface area contributed by atoms with Gasteiger partial charge in [-0.2, -0.15) is 0 Å². The molecule has 0 bridgehead atoms. The van der Waals surface area contributed by atoms with Gasteiger partial charge in [0.25, 0.3) is 5.91 Å². The van der Waals surface area contributed by atoms with Gasteiger partial charge in [0, 0.05) is 26.5 Å². The van der Waals surface area contributed by atoms with Gasteiger partial charge < -0.3 is 14.5 Å². The van der Waals surface area contributed by atoms with E-state index in [0.717, 1.165) is 25.5 Å². The molecule has 0 atom stereocenters. The zero-order chi connectivity index (χ0) is 18.8. The highest BCUT2D eigenvalue weighted by Gasteiger charge is 2.11. The van der Waals surface area contributed by atoms with Crippen molar-refractivity contribution in [3.05, 3.63) is 66.9 Å². The second-order valence-corrected chi connectivity index (χ2v) is 7.56. The topological polar surface area (TPSA) is 68.5 Å². The Kier molecular flexibility index (Phi) is 5.48. The number of rotatable bonds is 4. The Morgan fingerprint density at radius 2 is 1.81 bits per heavy atom. The lowest BCUT2D eigenvalue weighted by molar-refractivity contribution is -0.118. The molecule has 0 fully saturated rings. The van der Waals surface area contributed by atoms with Crippen LogP contribution in [0.4, 0.5) is 5.69 Å². The lowest BCUT2D eigenvalue weighted by Gasteiger charge is -2.12. The van der Waals surface area contributed by atoms with E-state index in [1.54, 1.807) is 18.2 Å². The van der Waals surface area contributed by atoms with Gasteiger partial charge in [0.2, 0.25) is 0 Å². The number of carbonyl (C=O) groups excluding carboxylic acids is 1. The van der Waals surface area contributed by atoms with Crippen LogP contribution in [-0.4, -0.2) is 12.5 Å². The molecule has 0 spiro atoms. The Morgan fingerprint density at radius 1 is 1.12 bits per heavy atom. The predicted octanol–water partition coefficient (Wildman–Crippen LogP) is 4.95. The molecular weight excluding hydrogens is 466 g/mol. The van der Waals surface area contributed by atoms with Crippen LogP contribution >= 0.6 is 31.9 Å². The number of hydrogen-bond acceptors (Lipinski definition) is 4. The summed E-state index contributed by atoms with van der Waals surface area (Å²) in [5.41, 5.74) is 2.54. The van der Waals surface area contributed by atoms with Gasteiger partial charge in [-0.3, -0.25) is 4.79 Å². The fourth-order valence-electron chi connectivity index (χ4n) is 2.54. The number of anilines is 1. The highest BCUT2D eigenvalue weighted by Crippen LogP contribution is 2.32. The van der Waals surface area contributed by atoms with E-state index in [4.69, 9.17) is 9.15 Å². The quantitative estimate of drug-likeness (QED) is 0.536. The molecule has 0 radical (unpaired) electrons. The minimum atomic E-state index is -0.418. The number of hydrogen-bond donors (Lipinski definition) is 1. The van der Waals surface area contributed by atoms with Crippen LogP contribution in [0.25, 0.3) is 11.0 Å². The summed E-state index contributed by atoms with van der Waals surface area (Å²) in [6, 6.07) is 10.4. The summed E-state index contributed by atoms with van der Waals surface area (Å²) in [5, 5.41) is 3.63. The summed E-state index contributed by atoms with van der Waals surface area (Å²) in [5.74, 6) is 0.143. The number of benzene rings is 2. The molecule has 0 aliphatic heterocycles. The minimum absolute atomic E-state index is 0.172. The summed E-state index contributed by atoms with van der Waals surface area (Å²) < 4.78 is 12.3. The molecule has 2 aromatic carbocycles. The number of carbonyl (C=O) groups is 1. The summed E-state index contributed by atoms with van der Waals surface area (Å²) in [4.78, 5) is 23.7. The Balaban J connectivity index is 1.72. The smallest absolute Gasteiger partial charge is 0.336 e. The SMILES string of the molecule is Cc1cc(Br)c(NC(=O)COc2ccc3c(C)cc(=O)oc3c2)c(Br)c1. The standard InChI is InChI=1S/C19H15Br2NO4/c1-10-5-14(20)19(15(21)6-10)22-17(23)9-25-12-3-4-13-11(2)7-18(24)26-16(13)8-12/h3-8H,9H2,1-2H3,(H,22,23). The Hall–Kier alpha value is -2.12. The van der Waals surface area contributed by atoms with Crippen LogP contribution in [0.1, 0.15) is 11.1 Å². The van der Waals surface area contributed by atoms with Crippen molar-refractivity contribution in [2.24, 2.45) is 0 Å². The molecule has 134 valence electrons. The molecule has 7 heteroatoms. The van der Waals surface area contributed by atoms with Gasteiger partial charge in [-0.15, -0.1) is 0 Å². The zero-order valence-corrected chi connectivity index (χ0v) is 17.2. The minimum Gasteiger partial charge on any atom is -0.484 e. The second kappa shape index (κ2) is 7.63. The van der Waals surface area contributed by atoms with E-state index in [1.807, 2.05) is 26.0 Å². The van der Waals surface area contributed by atoms with Crippen molar-refractivity contribution in [2.45, 2.75) is 13.8 Å². The lowest BCUT2D eigenvalue weighted by Crippen LogP contribution is -2.20. The summed E-state index contributed by atoms with van der Waals surface area (Å²) in [6.45, 7) is 3.63. The predicted molar refractivity (Wildman–Crippen MR) is 108 cm³/mol. The van der Waals surface area contributed by atoms with Crippen LogP contribution in [0.3, 0.4) is 0 Å². The monoisotopic (exact) mass is 479 g/mol. The van der Waals surface area contributed by atoms with E-state index in [1.165, 1.54) is 6.07 Å². The van der Waals surface area contributed by atoms with Gasteiger partial charge in [0.1, 0.15) is 11.3 Å². The molecule has 0 saturated heterocycles. The van der Waals surface area contributed by atoms with Gasteiger partial charge in [0.05, 0.1) is 5.69 Å². The van der Waals surface area contributed by atoms with Crippen molar-refractivity contribution in [2.75, 3.05) is 11.9 Å². The molecule has 26 heavy (non-hydrogen) atoms. The van der Waals surface area contributed by atoms with E-state index >= 15 is 0 Å². The first kappa shape index (κ1) is 18.7. The summed E-state index contributed by atoms with van der Waals surface area (Å²) in [6.07, 6.45) is 0. The van der Waals surface area contributed by atoms with E-state index < -0.39 is 5.63 Å². The van der Waals surface area contributed by atoms with Crippen LogP contribution in [0.2, 0.25) is 0 Å². The van der Waals surface area contributed by atoms with E-state index in [9.17, 15) is 9.59 Å². The average molecular weight is 481 g/mol. The number of amides is 1. The van der Waals surface area contributed by atoms with E-state index in [-0.39, 0.29) is 12.5 Å². The molecule has 3 rings (SSSR count). The molecule has 1 N–H and O–H groups in total. The van der Waals surface area contributed by atoms with Crippen LogP contribution in [0.15, 0.2) is 54.6 Å². The first-order chi connectivity index (χ1) is 12.3. The highest BCUT2D eigenvalue weighted by molar-refractivity contribution is 9.11. The summed E-state index contributed by atoms with van der Waals surface area (Å²) in [7, 11) is 0. The highest BCUT2D eigenvalue weighted by atomic mass is 79.9. The van der Waals surface area contributed by atoms with Crippen LogP contribution in [-0.2, 0) is 4.79 Å². The largest absolute Gasteiger partial charge is 0.484 e. The molecule has 0 aliphatic rings. The number of halogens is 2. The molecule has 1 heterocycles. The molecule has 1 amide bonds. The van der Waals surface area contributed by atoms with Crippen molar-refractivity contribution in [1.82, 2.24) is 0 Å². The lowest BCUT2D eigenvalue weighted by atomic mass is 10.1. The third kappa shape index (κ3) is 4.16. The molecule has 0 aliphatic carbocycles. The van der Waals surface area contributed by atoms with Crippen molar-refractivity contribution >= 4 is 54.4 Å². The van der Waals surface area contributed by atoms with Gasteiger partial charge in [0.15, 0.2) is 6.61 Å². The molecule has 5 nitrogen and oxygen atoms in total. The Bertz CT molecular complexity index is 1040. The fourth-order valence-corrected chi connectivity index (χ4v) is 4.15. The molecular formula is C19H15Br2NO4. The normalized spacial score (nSPS) is 10.8. The maximum Gasteiger partial charge on any atom is 0.336 e. The first-order valence-corrected chi connectivity index (χ1v) is 9.35. The molecule has 3 aromatic rings.